The van der Waals surface area contributed by atoms with Gasteiger partial charge in [0.1, 0.15) is 6.61 Å². The number of Topliss-reactive ketones (excluding diaryl/α,β-unsaturated/α-hetero) is 1. The van der Waals surface area contributed by atoms with E-state index in [9.17, 15) is 14.4 Å². The van der Waals surface area contributed by atoms with Gasteiger partial charge < -0.3 is 18.8 Å². The number of nitrogens with zero attached hydrogens (tertiary/aromatic N) is 3. The van der Waals surface area contributed by atoms with Crippen LogP contribution in [-0.4, -0.2) is 45.4 Å². The topological polar surface area (TPSA) is 102 Å². The van der Waals surface area contributed by atoms with E-state index in [1.807, 2.05) is 42.7 Å². The number of hydrogen-bond donors (Lipinski definition) is 0. The molecule has 0 N–H and O–H groups in total. The highest BCUT2D eigenvalue weighted by Crippen LogP contribution is 2.31. The number of para-hydroxylation sites is 2. The van der Waals surface area contributed by atoms with Crippen LogP contribution in [0.3, 0.4) is 0 Å². The smallest absolute Gasteiger partial charge is 0.359 e. The lowest BCUT2D eigenvalue weighted by Gasteiger charge is -2.27. The van der Waals surface area contributed by atoms with Crippen LogP contribution in [0.5, 0.6) is 11.5 Å². The number of benzene rings is 2. The van der Waals surface area contributed by atoms with Crippen molar-refractivity contribution in [2.75, 3.05) is 13.2 Å². The van der Waals surface area contributed by atoms with Gasteiger partial charge >= 0.3 is 5.97 Å². The van der Waals surface area contributed by atoms with E-state index in [0.29, 0.717) is 41.0 Å². The average Bonchev–Trinajstić information content (AvgIpc) is 3.17. The quantitative estimate of drug-likeness (QED) is 0.304. The number of aromatic nitrogens is 3. The van der Waals surface area contributed by atoms with Gasteiger partial charge in [-0.15, -0.1) is 0 Å². The first-order chi connectivity index (χ1) is 17.3. The molecule has 184 valence electrons. The Morgan fingerprint density at radius 2 is 1.75 bits per heavy atom. The van der Waals surface area contributed by atoms with Gasteiger partial charge in [-0.05, 0) is 38.1 Å². The summed E-state index contributed by atoms with van der Waals surface area (Å²) in [4.78, 5) is 38.1. The van der Waals surface area contributed by atoms with Crippen LogP contribution in [0, 0.1) is 13.8 Å². The minimum atomic E-state index is -0.768. The monoisotopic (exact) mass is 487 g/mol. The maximum absolute atomic E-state index is 13.0. The largest absolute Gasteiger partial charge is 0.486 e. The molecule has 0 saturated heterocycles. The number of carbonyl (C=O) groups is 2. The minimum absolute atomic E-state index is 0.0132. The van der Waals surface area contributed by atoms with Gasteiger partial charge in [0.2, 0.25) is 5.78 Å². The van der Waals surface area contributed by atoms with Crippen LogP contribution < -0.4 is 15.0 Å². The predicted octanol–water partition coefficient (Wildman–Crippen LogP) is 3.23. The van der Waals surface area contributed by atoms with E-state index in [0.717, 1.165) is 16.1 Å². The standard InChI is InChI=1S/C27H25N3O6/c1-16-12-21(17(2)30(16)13-18-14-34-23-10-6-7-11-24(23)36-18)22(31)15-35-27(33)25-19-8-4-5-9-20(19)26(32)29(3)28-25/h4-12,18H,13-15H2,1-3H3/t18-/m1/s1. The summed E-state index contributed by atoms with van der Waals surface area (Å²) in [6.45, 7) is 4.22. The Hall–Kier alpha value is -4.40. The second-order valence-corrected chi connectivity index (χ2v) is 8.72. The Morgan fingerprint density at radius 3 is 2.53 bits per heavy atom. The molecule has 3 heterocycles. The first kappa shape index (κ1) is 23.3. The molecule has 5 rings (SSSR count). The molecule has 0 bridgehead atoms. The molecule has 2 aromatic heterocycles. The number of fused-ring (bicyclic) bond motifs is 2. The molecule has 9 nitrogen and oxygen atoms in total. The summed E-state index contributed by atoms with van der Waals surface area (Å²) in [5.74, 6) is 0.311. The SMILES string of the molecule is Cc1cc(C(=O)COC(=O)c2nn(C)c(=O)c3ccccc23)c(C)n1C[C@@H]1COc2ccccc2O1. The molecule has 0 spiro atoms. The highest BCUT2D eigenvalue weighted by Gasteiger charge is 2.25. The van der Waals surface area contributed by atoms with E-state index in [-0.39, 0.29) is 23.1 Å². The minimum Gasteiger partial charge on any atom is -0.486 e. The zero-order valence-corrected chi connectivity index (χ0v) is 20.2. The molecule has 1 atom stereocenters. The Labute approximate surface area is 206 Å². The molecule has 0 aliphatic carbocycles. The number of rotatable bonds is 6. The van der Waals surface area contributed by atoms with Crippen molar-refractivity contribution in [3.8, 4) is 11.5 Å². The van der Waals surface area contributed by atoms with Gasteiger partial charge in [0.25, 0.3) is 5.56 Å². The van der Waals surface area contributed by atoms with Crippen LogP contribution in [0.15, 0.2) is 59.4 Å². The normalized spacial score (nSPS) is 14.6. The van der Waals surface area contributed by atoms with Crippen molar-refractivity contribution in [1.82, 2.24) is 14.3 Å². The lowest BCUT2D eigenvalue weighted by Crippen LogP contribution is -2.33. The van der Waals surface area contributed by atoms with Crippen LogP contribution in [0.2, 0.25) is 0 Å². The fourth-order valence-electron chi connectivity index (χ4n) is 4.45. The van der Waals surface area contributed by atoms with Gasteiger partial charge in [0, 0.05) is 29.4 Å². The lowest BCUT2D eigenvalue weighted by atomic mass is 10.1. The third kappa shape index (κ3) is 4.24. The van der Waals surface area contributed by atoms with E-state index in [1.165, 1.54) is 7.05 Å². The number of ketones is 1. The van der Waals surface area contributed by atoms with E-state index >= 15 is 0 Å². The molecule has 0 radical (unpaired) electrons. The van der Waals surface area contributed by atoms with Gasteiger partial charge in [0.15, 0.2) is 29.9 Å². The van der Waals surface area contributed by atoms with Crippen LogP contribution >= 0.6 is 0 Å². The number of carbonyl (C=O) groups excluding carboxylic acids is 2. The summed E-state index contributed by atoms with van der Waals surface area (Å²) in [6, 6.07) is 16.0. The van der Waals surface area contributed by atoms with Gasteiger partial charge in [-0.25, -0.2) is 9.48 Å². The van der Waals surface area contributed by atoms with Crippen molar-refractivity contribution < 1.29 is 23.8 Å². The number of esters is 1. The fraction of sp³-hybridized carbons (Fsp3) is 0.259. The van der Waals surface area contributed by atoms with Crippen molar-refractivity contribution in [3.05, 3.63) is 87.6 Å². The van der Waals surface area contributed by atoms with Crippen LogP contribution in [0.25, 0.3) is 10.8 Å². The van der Waals surface area contributed by atoms with Crippen LogP contribution in [0.4, 0.5) is 0 Å². The summed E-state index contributed by atoms with van der Waals surface area (Å²) in [5.41, 5.74) is 1.77. The van der Waals surface area contributed by atoms with E-state index in [1.54, 1.807) is 30.3 Å². The second kappa shape index (κ2) is 9.33. The summed E-state index contributed by atoms with van der Waals surface area (Å²) in [6.07, 6.45) is -0.213. The number of aryl methyl sites for hydroxylation is 2. The Morgan fingerprint density at radius 1 is 1.06 bits per heavy atom. The molecule has 2 aromatic carbocycles. The lowest BCUT2D eigenvalue weighted by molar-refractivity contribution is 0.0468. The van der Waals surface area contributed by atoms with Crippen molar-refractivity contribution in [3.63, 3.8) is 0 Å². The average molecular weight is 488 g/mol. The first-order valence-corrected chi connectivity index (χ1v) is 11.5. The molecule has 0 unspecified atom stereocenters. The molecular formula is C27H25N3O6. The Bertz CT molecular complexity index is 1550. The van der Waals surface area contributed by atoms with Crippen molar-refractivity contribution in [2.45, 2.75) is 26.5 Å². The fourth-order valence-corrected chi connectivity index (χ4v) is 4.45. The summed E-state index contributed by atoms with van der Waals surface area (Å²) in [5, 5.41) is 4.79. The summed E-state index contributed by atoms with van der Waals surface area (Å²) >= 11 is 0. The van der Waals surface area contributed by atoms with Gasteiger partial charge in [-0.1, -0.05) is 30.3 Å². The van der Waals surface area contributed by atoms with Gasteiger partial charge in [-0.3, -0.25) is 9.59 Å². The Kier molecular flexibility index (Phi) is 6.05. The van der Waals surface area contributed by atoms with Crippen molar-refractivity contribution >= 4 is 22.5 Å². The molecule has 9 heteroatoms. The molecule has 0 fully saturated rings. The van der Waals surface area contributed by atoms with Crippen molar-refractivity contribution in [2.24, 2.45) is 7.05 Å². The van der Waals surface area contributed by atoms with E-state index in [2.05, 4.69) is 5.10 Å². The highest BCUT2D eigenvalue weighted by molar-refractivity contribution is 6.04. The van der Waals surface area contributed by atoms with Gasteiger partial charge in [-0.2, -0.15) is 5.10 Å². The second-order valence-electron chi connectivity index (χ2n) is 8.72. The predicted molar refractivity (Wildman–Crippen MR) is 132 cm³/mol. The zero-order valence-electron chi connectivity index (χ0n) is 20.2. The molecule has 0 saturated carbocycles. The molecule has 1 aliphatic rings. The van der Waals surface area contributed by atoms with Gasteiger partial charge in [0.05, 0.1) is 11.9 Å². The van der Waals surface area contributed by atoms with Crippen molar-refractivity contribution in [1.29, 1.82) is 0 Å². The number of ether oxygens (including phenoxy) is 3. The maximum Gasteiger partial charge on any atom is 0.359 e. The van der Waals surface area contributed by atoms with Crippen LogP contribution in [-0.2, 0) is 18.3 Å². The van der Waals surface area contributed by atoms with Crippen LogP contribution in [0.1, 0.15) is 32.2 Å². The first-order valence-electron chi connectivity index (χ1n) is 11.5. The van der Waals surface area contributed by atoms with E-state index in [4.69, 9.17) is 14.2 Å². The molecule has 0 amide bonds. The number of hydrogen-bond acceptors (Lipinski definition) is 7. The maximum atomic E-state index is 13.0. The molecule has 1 aliphatic heterocycles. The van der Waals surface area contributed by atoms with E-state index < -0.39 is 12.6 Å². The summed E-state index contributed by atoms with van der Waals surface area (Å²) in [7, 11) is 1.46. The molecule has 36 heavy (non-hydrogen) atoms. The molecular weight excluding hydrogens is 462 g/mol. The highest BCUT2D eigenvalue weighted by atomic mass is 16.6. The summed E-state index contributed by atoms with van der Waals surface area (Å²) < 4.78 is 20.3. The zero-order chi connectivity index (χ0) is 25.4. The third-order valence-electron chi connectivity index (χ3n) is 6.31. The Balaban J connectivity index is 1.29. The third-order valence-corrected chi connectivity index (χ3v) is 6.31. The molecule has 4 aromatic rings.